The Morgan fingerprint density at radius 1 is 0.815 bits per heavy atom. The van der Waals surface area contributed by atoms with Gasteiger partial charge >= 0.3 is 5.82 Å². The first-order valence-electron chi connectivity index (χ1n) is 8.00. The highest BCUT2D eigenvalue weighted by atomic mass is 35.5. The molecule has 0 bridgehead atoms. The monoisotopic (exact) mass is 396 g/mol. The number of pyridine rings is 1. The van der Waals surface area contributed by atoms with Gasteiger partial charge in [-0.05, 0) is 47.4 Å². The molecule has 0 aliphatic rings. The van der Waals surface area contributed by atoms with Gasteiger partial charge in [0.1, 0.15) is 0 Å². The standard InChI is InChI=1S/C19H13ClN4O2S/c20-14-8-10-15(11-9-14)27(25,26)23-18-19(24-12-4-1-5-13-24)22-17-7-3-2-6-16(17)21-18/h1-13H. The highest BCUT2D eigenvalue weighted by Crippen LogP contribution is 2.30. The lowest BCUT2D eigenvalue weighted by molar-refractivity contribution is -0.598. The molecule has 6 nitrogen and oxygen atoms in total. The highest BCUT2D eigenvalue weighted by molar-refractivity contribution is 7.94. The summed E-state index contributed by atoms with van der Waals surface area (Å²) in [7, 11) is -3.98. The summed E-state index contributed by atoms with van der Waals surface area (Å²) >= 11 is 5.84. The molecule has 0 spiro atoms. The van der Waals surface area contributed by atoms with Crippen molar-refractivity contribution in [1.82, 2.24) is 9.97 Å². The number of para-hydroxylation sites is 2. The fourth-order valence-corrected chi connectivity index (χ4v) is 3.59. The molecule has 0 aliphatic heterocycles. The molecule has 0 saturated carbocycles. The van der Waals surface area contributed by atoms with Gasteiger partial charge in [0.2, 0.25) is 10.0 Å². The number of aromatic nitrogens is 3. The van der Waals surface area contributed by atoms with Gasteiger partial charge in [-0.1, -0.05) is 35.9 Å². The van der Waals surface area contributed by atoms with Crippen molar-refractivity contribution in [3.8, 4) is 5.82 Å². The van der Waals surface area contributed by atoms with Gasteiger partial charge in [0.05, 0.1) is 17.3 Å². The van der Waals surface area contributed by atoms with Gasteiger partial charge in [0, 0.05) is 16.4 Å². The molecule has 0 radical (unpaired) electrons. The van der Waals surface area contributed by atoms with Gasteiger partial charge in [-0.2, -0.15) is 0 Å². The molecule has 0 amide bonds. The summed E-state index contributed by atoms with van der Waals surface area (Å²) in [5.74, 6) is 0.340. The molecule has 2 aromatic heterocycles. The van der Waals surface area contributed by atoms with Crippen LogP contribution in [0.2, 0.25) is 5.02 Å². The zero-order chi connectivity index (χ0) is 18.9. The Morgan fingerprint density at radius 2 is 1.44 bits per heavy atom. The Bertz CT molecular complexity index is 1210. The van der Waals surface area contributed by atoms with Crippen molar-refractivity contribution >= 4 is 38.5 Å². The molecule has 0 fully saturated rings. The molecular formula is C19H13ClN4O2S. The molecule has 0 atom stereocenters. The summed E-state index contributed by atoms with van der Waals surface area (Å²) in [6.07, 6.45) is 3.51. The summed E-state index contributed by atoms with van der Waals surface area (Å²) in [5, 5.41) is 0.444. The summed E-state index contributed by atoms with van der Waals surface area (Å²) in [5.41, 5.74) is 1.20. The van der Waals surface area contributed by atoms with Gasteiger partial charge < -0.3 is 9.71 Å². The Kier molecular flexibility index (Phi) is 4.47. The maximum absolute atomic E-state index is 12.7. The smallest absolute Gasteiger partial charge is 0.327 e. The predicted molar refractivity (Wildman–Crippen MR) is 103 cm³/mol. The molecule has 0 aliphatic carbocycles. The van der Waals surface area contributed by atoms with E-state index in [1.807, 2.05) is 36.4 Å². The summed E-state index contributed by atoms with van der Waals surface area (Å²) < 4.78 is 31.1. The molecule has 134 valence electrons. The third-order valence-corrected chi connectivity index (χ3v) is 5.35. The zero-order valence-electron chi connectivity index (χ0n) is 13.9. The first-order valence-corrected chi connectivity index (χ1v) is 9.82. The maximum Gasteiger partial charge on any atom is 0.327 e. The third-order valence-electron chi connectivity index (χ3n) is 3.81. The molecule has 4 aromatic rings. The number of sulfonamides is 1. The number of rotatable bonds is 4. The molecule has 4 rings (SSSR count). The van der Waals surface area contributed by atoms with Crippen molar-refractivity contribution in [1.29, 1.82) is 0 Å². The molecule has 2 heterocycles. The van der Waals surface area contributed by atoms with Gasteiger partial charge in [-0.15, -0.1) is 0 Å². The number of nitrogens with zero attached hydrogens (tertiary/aromatic N) is 4. The van der Waals surface area contributed by atoms with Crippen molar-refractivity contribution in [2.45, 2.75) is 4.90 Å². The van der Waals surface area contributed by atoms with E-state index < -0.39 is 10.0 Å². The third kappa shape index (κ3) is 3.60. The van der Waals surface area contributed by atoms with Crippen LogP contribution in [0.25, 0.3) is 21.6 Å². The molecule has 0 unspecified atom stereocenters. The van der Waals surface area contributed by atoms with Crippen LogP contribution in [0, 0.1) is 0 Å². The minimum atomic E-state index is -3.98. The number of hydrogen-bond donors (Lipinski definition) is 0. The van der Waals surface area contributed by atoms with Gasteiger partial charge in [-0.3, -0.25) is 0 Å². The molecular weight excluding hydrogens is 384 g/mol. The average molecular weight is 397 g/mol. The second kappa shape index (κ2) is 6.94. The predicted octanol–water partition coefficient (Wildman–Crippen LogP) is 3.95. The second-order valence-electron chi connectivity index (χ2n) is 5.66. The maximum atomic E-state index is 12.7. The van der Waals surface area contributed by atoms with Crippen LogP contribution in [0.3, 0.4) is 0 Å². The van der Waals surface area contributed by atoms with Crippen LogP contribution in [0.1, 0.15) is 0 Å². The fourth-order valence-electron chi connectivity index (χ4n) is 2.53. The van der Waals surface area contributed by atoms with Crippen molar-refractivity contribution in [3.63, 3.8) is 0 Å². The number of fused-ring (bicyclic) bond motifs is 1. The van der Waals surface area contributed by atoms with Crippen LogP contribution in [0.5, 0.6) is 0 Å². The minimum Gasteiger partial charge on any atom is -0.425 e. The van der Waals surface area contributed by atoms with E-state index in [1.54, 1.807) is 23.0 Å². The average Bonchev–Trinajstić information content (AvgIpc) is 2.68. The van der Waals surface area contributed by atoms with Crippen LogP contribution in [0.15, 0.2) is 84.0 Å². The van der Waals surface area contributed by atoms with Crippen LogP contribution < -0.4 is 4.57 Å². The highest BCUT2D eigenvalue weighted by Gasteiger charge is 2.18. The van der Waals surface area contributed by atoms with Crippen molar-refractivity contribution in [3.05, 3.63) is 88.9 Å². The Labute approximate surface area is 161 Å². The zero-order valence-corrected chi connectivity index (χ0v) is 15.5. The van der Waals surface area contributed by atoms with Gasteiger partial charge in [-0.25, -0.2) is 13.0 Å². The molecule has 2 aromatic carbocycles. The van der Waals surface area contributed by atoms with E-state index in [0.29, 0.717) is 21.9 Å². The van der Waals surface area contributed by atoms with E-state index in [0.717, 1.165) is 0 Å². The van der Waals surface area contributed by atoms with Crippen molar-refractivity contribution < 1.29 is 13.0 Å². The Balaban J connectivity index is 1.86. The summed E-state index contributed by atoms with van der Waals surface area (Å²) in [6, 6.07) is 18.5. The lowest BCUT2D eigenvalue weighted by Gasteiger charge is -2.16. The molecule has 8 heteroatoms. The van der Waals surface area contributed by atoms with E-state index in [-0.39, 0.29) is 10.7 Å². The van der Waals surface area contributed by atoms with Crippen LogP contribution in [-0.2, 0) is 10.0 Å². The van der Waals surface area contributed by atoms with Gasteiger partial charge in [0.15, 0.2) is 5.52 Å². The van der Waals surface area contributed by atoms with E-state index in [1.165, 1.54) is 24.3 Å². The molecule has 0 saturated heterocycles. The van der Waals surface area contributed by atoms with E-state index in [2.05, 4.69) is 14.7 Å². The largest absolute Gasteiger partial charge is 0.425 e. The van der Waals surface area contributed by atoms with Crippen molar-refractivity contribution in [2.24, 2.45) is 0 Å². The normalized spacial score (nSPS) is 11.4. The molecule has 0 N–H and O–H groups in total. The number of hydrogen-bond acceptors (Lipinski definition) is 4. The topological polar surface area (TPSA) is 77.9 Å². The summed E-state index contributed by atoms with van der Waals surface area (Å²) in [4.78, 5) is 9.02. The fraction of sp³-hybridized carbons (Fsp3) is 0. The first-order chi connectivity index (χ1) is 13.0. The second-order valence-corrected chi connectivity index (χ2v) is 7.70. The quantitative estimate of drug-likeness (QED) is 0.489. The van der Waals surface area contributed by atoms with E-state index in [4.69, 9.17) is 11.6 Å². The number of halogens is 1. The lowest BCUT2D eigenvalue weighted by atomic mass is 10.3. The lowest BCUT2D eigenvalue weighted by Crippen LogP contribution is -2.31. The van der Waals surface area contributed by atoms with Crippen LogP contribution in [-0.4, -0.2) is 18.4 Å². The van der Waals surface area contributed by atoms with Crippen LogP contribution >= 0.6 is 11.6 Å². The Morgan fingerprint density at radius 3 is 2.11 bits per heavy atom. The SMILES string of the molecule is O=S(=O)([N-]c1nc2ccccc2nc1-[n+]1ccccc1)c1ccc(Cl)cc1. The minimum absolute atomic E-state index is 0.0137. The van der Waals surface area contributed by atoms with Gasteiger partial charge in [0.25, 0.3) is 0 Å². The van der Waals surface area contributed by atoms with E-state index >= 15 is 0 Å². The van der Waals surface area contributed by atoms with Crippen molar-refractivity contribution in [2.75, 3.05) is 0 Å². The Hall–Kier alpha value is -3.03. The van der Waals surface area contributed by atoms with Crippen LogP contribution in [0.4, 0.5) is 5.82 Å². The molecule has 27 heavy (non-hydrogen) atoms. The summed E-state index contributed by atoms with van der Waals surface area (Å²) in [6.45, 7) is 0. The first kappa shape index (κ1) is 17.4. The number of benzene rings is 2. The van der Waals surface area contributed by atoms with E-state index in [9.17, 15) is 8.42 Å².